The number of aryl methyl sites for hydroxylation is 1. The highest BCUT2D eigenvalue weighted by Crippen LogP contribution is 2.30. The average molecular weight is 323 g/mol. The number of aromatic nitrogens is 1. The van der Waals surface area contributed by atoms with Crippen molar-refractivity contribution in [2.45, 2.75) is 13.8 Å². The van der Waals surface area contributed by atoms with Crippen LogP contribution >= 0.6 is 0 Å². The Morgan fingerprint density at radius 3 is 2.04 bits per heavy atom. The van der Waals surface area contributed by atoms with Gasteiger partial charge in [-0.2, -0.15) is 0 Å². The smallest absolute Gasteiger partial charge is 0.308 e. The molecule has 0 radical (unpaired) electrons. The largest absolute Gasteiger partial charge is 0.427 e. The third kappa shape index (κ3) is 3.15. The number of carbonyl (C=O) groups is 2. The number of nitrogens with zero attached hydrogens (tertiary/aromatic N) is 1. The van der Waals surface area contributed by atoms with Crippen LogP contribution in [0, 0.1) is 0 Å². The fourth-order valence-corrected chi connectivity index (χ4v) is 2.69. The van der Waals surface area contributed by atoms with E-state index in [1.54, 1.807) is 18.2 Å². The van der Waals surface area contributed by atoms with Crippen molar-refractivity contribution in [3.05, 3.63) is 48.5 Å². The van der Waals surface area contributed by atoms with Crippen LogP contribution in [0.25, 0.3) is 22.2 Å². The predicted molar refractivity (Wildman–Crippen MR) is 91.0 cm³/mol. The molecule has 0 bridgehead atoms. The van der Waals surface area contributed by atoms with Crippen LogP contribution in [0.15, 0.2) is 48.5 Å². The lowest BCUT2D eigenvalue weighted by Crippen LogP contribution is -2.01. The van der Waals surface area contributed by atoms with Crippen molar-refractivity contribution in [2.24, 2.45) is 7.05 Å². The lowest BCUT2D eigenvalue weighted by atomic mass is 10.1. The van der Waals surface area contributed by atoms with E-state index in [-0.39, 0.29) is 11.9 Å². The Labute approximate surface area is 139 Å². The molecule has 2 aromatic carbocycles. The molecule has 0 atom stereocenters. The van der Waals surface area contributed by atoms with Crippen molar-refractivity contribution in [1.29, 1.82) is 0 Å². The van der Waals surface area contributed by atoms with E-state index in [0.717, 1.165) is 22.2 Å². The molecule has 0 aliphatic heterocycles. The quantitative estimate of drug-likeness (QED) is 0.545. The molecular weight excluding hydrogens is 306 g/mol. The van der Waals surface area contributed by atoms with Crippen LogP contribution in [0.4, 0.5) is 0 Å². The van der Waals surface area contributed by atoms with Crippen molar-refractivity contribution in [3.8, 4) is 22.8 Å². The van der Waals surface area contributed by atoms with Gasteiger partial charge >= 0.3 is 11.9 Å². The summed E-state index contributed by atoms with van der Waals surface area (Å²) in [5.74, 6) is 0.358. The summed E-state index contributed by atoms with van der Waals surface area (Å²) in [6.07, 6.45) is 0. The minimum Gasteiger partial charge on any atom is -0.427 e. The molecule has 0 fully saturated rings. The van der Waals surface area contributed by atoms with E-state index >= 15 is 0 Å². The molecule has 5 heteroatoms. The summed E-state index contributed by atoms with van der Waals surface area (Å²) in [6, 6.07) is 14.9. The molecule has 0 amide bonds. The summed E-state index contributed by atoms with van der Waals surface area (Å²) in [4.78, 5) is 22.1. The molecule has 0 saturated heterocycles. The lowest BCUT2D eigenvalue weighted by molar-refractivity contribution is -0.132. The van der Waals surface area contributed by atoms with Gasteiger partial charge in [0.1, 0.15) is 11.5 Å². The molecule has 0 spiro atoms. The Bertz CT molecular complexity index is 922. The summed E-state index contributed by atoms with van der Waals surface area (Å²) in [7, 11) is 1.98. The molecule has 0 unspecified atom stereocenters. The third-order valence-electron chi connectivity index (χ3n) is 3.69. The molecule has 0 saturated carbocycles. The van der Waals surface area contributed by atoms with Gasteiger partial charge in [0, 0.05) is 37.5 Å². The molecule has 122 valence electrons. The fraction of sp³-hybridized carbons (Fsp3) is 0.158. The monoisotopic (exact) mass is 323 g/mol. The number of carbonyl (C=O) groups excluding carboxylic acids is 2. The van der Waals surface area contributed by atoms with Gasteiger partial charge in [0.2, 0.25) is 0 Å². The molecule has 3 aromatic rings. The van der Waals surface area contributed by atoms with Gasteiger partial charge in [-0.1, -0.05) is 0 Å². The van der Waals surface area contributed by atoms with Gasteiger partial charge < -0.3 is 14.0 Å². The van der Waals surface area contributed by atoms with Crippen LogP contribution in [-0.2, 0) is 16.6 Å². The third-order valence-corrected chi connectivity index (χ3v) is 3.69. The van der Waals surface area contributed by atoms with Gasteiger partial charge in [0.25, 0.3) is 0 Å². The number of hydrogen-bond acceptors (Lipinski definition) is 4. The van der Waals surface area contributed by atoms with Gasteiger partial charge in [-0.05, 0) is 54.1 Å². The van der Waals surface area contributed by atoms with E-state index in [0.29, 0.717) is 11.5 Å². The highest BCUT2D eigenvalue weighted by Gasteiger charge is 2.10. The molecule has 1 aromatic heterocycles. The summed E-state index contributed by atoms with van der Waals surface area (Å²) < 4.78 is 12.2. The minimum absolute atomic E-state index is 0.341. The van der Waals surface area contributed by atoms with Gasteiger partial charge in [0.15, 0.2) is 0 Å². The van der Waals surface area contributed by atoms with Crippen molar-refractivity contribution in [2.75, 3.05) is 0 Å². The Hall–Kier alpha value is -3.08. The highest BCUT2D eigenvalue weighted by molar-refractivity contribution is 5.88. The molecule has 3 rings (SSSR count). The first-order valence-electron chi connectivity index (χ1n) is 7.51. The molecular formula is C19H17NO4. The second-order valence-electron chi connectivity index (χ2n) is 5.52. The first kappa shape index (κ1) is 15.8. The van der Waals surface area contributed by atoms with Crippen LogP contribution in [0.3, 0.4) is 0 Å². The Kier molecular flexibility index (Phi) is 4.08. The van der Waals surface area contributed by atoms with Crippen molar-refractivity contribution in [1.82, 2.24) is 4.57 Å². The highest BCUT2D eigenvalue weighted by atomic mass is 16.5. The fourth-order valence-electron chi connectivity index (χ4n) is 2.69. The van der Waals surface area contributed by atoms with Gasteiger partial charge in [0.05, 0.1) is 0 Å². The summed E-state index contributed by atoms with van der Waals surface area (Å²) in [5.41, 5.74) is 3.04. The van der Waals surface area contributed by atoms with E-state index in [9.17, 15) is 9.59 Å². The number of ether oxygens (including phenoxy) is 2. The van der Waals surface area contributed by atoms with Crippen molar-refractivity contribution < 1.29 is 19.1 Å². The number of hydrogen-bond donors (Lipinski definition) is 0. The summed E-state index contributed by atoms with van der Waals surface area (Å²) in [6.45, 7) is 2.75. The Balaban J connectivity index is 1.98. The second-order valence-corrected chi connectivity index (χ2v) is 5.52. The SMILES string of the molecule is CC(=O)Oc1ccc(-c2cc3cc(OC(C)=O)ccc3n2C)cc1. The topological polar surface area (TPSA) is 57.5 Å². The van der Waals surface area contributed by atoms with Crippen LogP contribution in [-0.4, -0.2) is 16.5 Å². The number of benzene rings is 2. The summed E-state index contributed by atoms with van der Waals surface area (Å²) in [5, 5.41) is 0.982. The van der Waals surface area contributed by atoms with Crippen LogP contribution in [0.1, 0.15) is 13.8 Å². The molecule has 1 heterocycles. The normalized spacial score (nSPS) is 10.6. The average Bonchev–Trinajstić information content (AvgIpc) is 2.83. The molecule has 0 aliphatic carbocycles. The predicted octanol–water partition coefficient (Wildman–Crippen LogP) is 3.70. The maximum absolute atomic E-state index is 11.1. The maximum Gasteiger partial charge on any atom is 0.308 e. The second kappa shape index (κ2) is 6.20. The van der Waals surface area contributed by atoms with E-state index in [4.69, 9.17) is 9.47 Å². The zero-order valence-electron chi connectivity index (χ0n) is 13.7. The van der Waals surface area contributed by atoms with E-state index in [2.05, 4.69) is 4.57 Å². The minimum atomic E-state index is -0.342. The van der Waals surface area contributed by atoms with Crippen molar-refractivity contribution in [3.63, 3.8) is 0 Å². The van der Waals surface area contributed by atoms with E-state index in [1.807, 2.05) is 37.4 Å². The first-order chi connectivity index (χ1) is 11.4. The Morgan fingerprint density at radius 1 is 0.833 bits per heavy atom. The van der Waals surface area contributed by atoms with Gasteiger partial charge in [-0.25, -0.2) is 0 Å². The van der Waals surface area contributed by atoms with Crippen LogP contribution < -0.4 is 9.47 Å². The molecule has 24 heavy (non-hydrogen) atoms. The number of rotatable bonds is 3. The number of fused-ring (bicyclic) bond motifs is 1. The van der Waals surface area contributed by atoms with Crippen LogP contribution in [0.5, 0.6) is 11.5 Å². The zero-order valence-corrected chi connectivity index (χ0v) is 13.7. The Morgan fingerprint density at radius 2 is 1.42 bits per heavy atom. The van der Waals surface area contributed by atoms with E-state index < -0.39 is 0 Å². The number of esters is 2. The van der Waals surface area contributed by atoms with Gasteiger partial charge in [-0.3, -0.25) is 9.59 Å². The zero-order chi connectivity index (χ0) is 17.3. The van der Waals surface area contributed by atoms with Crippen molar-refractivity contribution >= 4 is 22.8 Å². The van der Waals surface area contributed by atoms with E-state index in [1.165, 1.54) is 13.8 Å². The van der Waals surface area contributed by atoms with Gasteiger partial charge in [-0.15, -0.1) is 0 Å². The van der Waals surface area contributed by atoms with Crippen LogP contribution in [0.2, 0.25) is 0 Å². The maximum atomic E-state index is 11.1. The molecule has 0 N–H and O–H groups in total. The standard InChI is InChI=1S/C19H17NO4/c1-12(21)23-16-6-4-14(5-7-16)19-11-15-10-17(24-13(2)22)8-9-18(15)20(19)3/h4-11H,1-3H3. The summed E-state index contributed by atoms with van der Waals surface area (Å²) >= 11 is 0. The lowest BCUT2D eigenvalue weighted by Gasteiger charge is -2.06. The molecule has 0 aliphatic rings. The molecule has 5 nitrogen and oxygen atoms in total. The first-order valence-corrected chi connectivity index (χ1v) is 7.51.